The van der Waals surface area contributed by atoms with Gasteiger partial charge < -0.3 is 48.8 Å². The maximum Gasteiger partial charge on any atom is 0.311 e. The van der Waals surface area contributed by atoms with Crippen LogP contribution in [0.3, 0.4) is 0 Å². The van der Waals surface area contributed by atoms with Gasteiger partial charge in [-0.2, -0.15) is 0 Å². The van der Waals surface area contributed by atoms with Crippen molar-refractivity contribution in [3.05, 3.63) is 115 Å². The number of rotatable bonds is 29. The third kappa shape index (κ3) is 22.9. The Morgan fingerprint density at radius 3 is 1.12 bits per heavy atom. The molecule has 0 aromatic heterocycles. The van der Waals surface area contributed by atoms with Gasteiger partial charge in [-0.25, -0.2) is 0 Å². The number of aryl methyl sites for hydroxylation is 6. The zero-order valence-corrected chi connectivity index (χ0v) is 57.4. The van der Waals surface area contributed by atoms with Crippen molar-refractivity contribution in [1.82, 2.24) is 0 Å². The van der Waals surface area contributed by atoms with Crippen LogP contribution in [0.25, 0.3) is 0 Å². The second-order valence-corrected chi connectivity index (χ2v) is 30.1. The Morgan fingerprint density at radius 1 is 0.409 bits per heavy atom. The lowest BCUT2D eigenvalue weighted by Crippen LogP contribution is -2.37. The molecule has 88 heavy (non-hydrogen) atoms. The van der Waals surface area contributed by atoms with Gasteiger partial charge in [0.05, 0.1) is 39.6 Å². The maximum absolute atomic E-state index is 13.9. The molecule has 4 rings (SSSR count). The number of aliphatic hydroxyl groups is 2. The molecular formula is C74H110O14. The molecule has 0 heterocycles. The van der Waals surface area contributed by atoms with Crippen molar-refractivity contribution in [3.63, 3.8) is 0 Å². The number of aliphatic hydroxyl groups excluding tert-OH is 2. The molecule has 0 aliphatic heterocycles. The molecule has 0 spiro atoms. The molecule has 0 fully saturated rings. The monoisotopic (exact) mass is 1220 g/mol. The molecule has 0 saturated carbocycles. The minimum Gasteiger partial charge on any atom is -0.507 e. The number of esters is 4. The molecule has 0 aliphatic rings. The van der Waals surface area contributed by atoms with Crippen LogP contribution in [0, 0.1) is 13.8 Å². The Balaban J connectivity index is 1.40. The Labute approximate surface area is 527 Å². The number of unbranched alkanes of at least 4 members (excludes halogenated alkanes) is 2. The van der Waals surface area contributed by atoms with Gasteiger partial charge in [0.1, 0.15) is 35.2 Å². The van der Waals surface area contributed by atoms with Crippen molar-refractivity contribution in [1.29, 1.82) is 0 Å². The molecular weight excluding hydrogens is 1110 g/mol. The van der Waals surface area contributed by atoms with E-state index >= 15 is 0 Å². The van der Waals surface area contributed by atoms with E-state index in [0.29, 0.717) is 62.9 Å². The van der Waals surface area contributed by atoms with Crippen LogP contribution >= 0.6 is 0 Å². The highest BCUT2D eigenvalue weighted by molar-refractivity contribution is 5.76. The number of benzene rings is 4. The Hall–Kier alpha value is -5.80. The van der Waals surface area contributed by atoms with Crippen molar-refractivity contribution in [2.45, 2.75) is 260 Å². The largest absolute Gasteiger partial charge is 0.507 e. The first kappa shape index (κ1) is 74.7. The van der Waals surface area contributed by atoms with Gasteiger partial charge in [0.25, 0.3) is 0 Å². The van der Waals surface area contributed by atoms with Crippen molar-refractivity contribution >= 4 is 23.9 Å². The van der Waals surface area contributed by atoms with Gasteiger partial charge in [0.15, 0.2) is 0 Å². The zero-order chi connectivity index (χ0) is 66.3. The number of phenols is 2. The van der Waals surface area contributed by atoms with Crippen molar-refractivity contribution in [2.75, 3.05) is 39.6 Å². The Kier molecular flexibility index (Phi) is 27.0. The summed E-state index contributed by atoms with van der Waals surface area (Å²) in [5.41, 5.74) is 8.15. The van der Waals surface area contributed by atoms with Gasteiger partial charge in [-0.3, -0.25) is 19.2 Å². The lowest BCUT2D eigenvalue weighted by Gasteiger charge is -2.30. The number of hydrogen-bond donors (Lipinski definition) is 4. The van der Waals surface area contributed by atoms with E-state index in [9.17, 15) is 39.6 Å². The first-order valence-electron chi connectivity index (χ1n) is 31.8. The Morgan fingerprint density at radius 2 is 0.761 bits per heavy atom. The average molecular weight is 1220 g/mol. The molecule has 2 atom stereocenters. The number of carbonyl (C=O) groups excluding carboxylic acids is 4. The molecule has 4 N–H and O–H groups in total. The van der Waals surface area contributed by atoms with Crippen LogP contribution in [-0.4, -0.2) is 96.2 Å². The highest BCUT2D eigenvalue weighted by atomic mass is 16.6. The molecule has 0 aliphatic carbocycles. The molecule has 490 valence electrons. The van der Waals surface area contributed by atoms with E-state index in [1.54, 1.807) is 0 Å². The summed E-state index contributed by atoms with van der Waals surface area (Å²) in [6, 6.07) is 15.9. The molecule has 4 aromatic rings. The predicted octanol–water partition coefficient (Wildman–Crippen LogP) is 14.5. The first-order chi connectivity index (χ1) is 40.6. The third-order valence-electron chi connectivity index (χ3n) is 15.8. The summed E-state index contributed by atoms with van der Waals surface area (Å²) < 4.78 is 35.8. The topological polar surface area (TPSA) is 205 Å². The summed E-state index contributed by atoms with van der Waals surface area (Å²) in [5.74, 6) is 0.112. The van der Waals surface area contributed by atoms with Gasteiger partial charge in [0, 0.05) is 47.9 Å². The van der Waals surface area contributed by atoms with Crippen LogP contribution in [-0.2, 0) is 96.3 Å². The predicted molar refractivity (Wildman–Crippen MR) is 349 cm³/mol. The summed E-state index contributed by atoms with van der Waals surface area (Å²) in [7, 11) is 0. The van der Waals surface area contributed by atoms with Crippen LogP contribution in [0.5, 0.6) is 23.0 Å². The standard InChI is InChI=1S/C74H110O14/c1-47-38-49(40-53(65(47)81)69(3,4)5)26-31-63(79)87-67-55(71(9,10)11)42-51(43-56(67)72(12,13)14)25-29-61(77)85-34-23-21-22-24-59(60(46-76)84-37-36-83-35-33-75)86-62(78)30-28-52-44-57(73(15,16)17)68(58(45-52)74(18,19)20)88-64(80)32-27-50-39-48(2)66(82)54(41-50)70(6,7)8/h38-45,59-60,75-76,81-82H,21-37,46H2,1-20H3. The van der Waals surface area contributed by atoms with Gasteiger partial charge in [-0.05, 0) is 142 Å². The smallest absolute Gasteiger partial charge is 0.311 e. The van der Waals surface area contributed by atoms with Gasteiger partial charge in [-0.1, -0.05) is 173 Å². The normalized spacial score (nSPS) is 13.3. The number of aromatic hydroxyl groups is 2. The number of carbonyl (C=O) groups is 4. The number of ether oxygens (including phenoxy) is 6. The fourth-order valence-corrected chi connectivity index (χ4v) is 10.7. The van der Waals surface area contributed by atoms with E-state index in [4.69, 9.17) is 28.4 Å². The summed E-state index contributed by atoms with van der Waals surface area (Å²) in [4.78, 5) is 54.5. The van der Waals surface area contributed by atoms with Gasteiger partial charge >= 0.3 is 23.9 Å². The minimum atomic E-state index is -0.839. The summed E-state index contributed by atoms with van der Waals surface area (Å²) >= 11 is 0. The van der Waals surface area contributed by atoms with Crippen molar-refractivity contribution < 1.29 is 68.0 Å². The third-order valence-corrected chi connectivity index (χ3v) is 15.8. The van der Waals surface area contributed by atoms with Crippen LogP contribution < -0.4 is 9.47 Å². The second-order valence-electron chi connectivity index (χ2n) is 30.1. The number of phenolic OH excluding ortho intramolecular Hbond substituents is 2. The lowest BCUT2D eigenvalue weighted by molar-refractivity contribution is -0.162. The molecule has 14 nitrogen and oxygen atoms in total. The molecule has 0 bridgehead atoms. The maximum atomic E-state index is 13.9. The van der Waals surface area contributed by atoms with Crippen LogP contribution in [0.1, 0.15) is 243 Å². The van der Waals surface area contributed by atoms with Crippen LogP contribution in [0.2, 0.25) is 0 Å². The van der Waals surface area contributed by atoms with E-state index in [1.807, 2.05) is 83.1 Å². The van der Waals surface area contributed by atoms with Gasteiger partial charge in [0.2, 0.25) is 0 Å². The second kappa shape index (κ2) is 31.8. The molecule has 4 aromatic carbocycles. The van der Waals surface area contributed by atoms with E-state index in [1.165, 1.54) is 0 Å². The summed E-state index contributed by atoms with van der Waals surface area (Å²) in [6.07, 6.45) is 2.70. The quantitative estimate of drug-likeness (QED) is 0.0227. The average Bonchev–Trinajstić information content (AvgIpc) is 0.843. The van der Waals surface area contributed by atoms with Crippen molar-refractivity contribution in [3.8, 4) is 23.0 Å². The van der Waals surface area contributed by atoms with Crippen LogP contribution in [0.15, 0.2) is 48.5 Å². The highest BCUT2D eigenvalue weighted by Gasteiger charge is 2.33. The number of hydrogen-bond acceptors (Lipinski definition) is 14. The SMILES string of the molecule is Cc1cc(CCC(=O)Oc2c(C(C)(C)C)cc(CCC(=O)OCCCCCC(OC(=O)CCc3cc(C(C)(C)C)c(OC(=O)CCc4cc(C)c(O)c(C(C)(C)C)c4)c(C(C)(C)C)c3)C(CO)OCCOCCO)cc2C(C)(C)C)cc(C(C)(C)C)c1O. The fourth-order valence-electron chi connectivity index (χ4n) is 10.7. The van der Waals surface area contributed by atoms with E-state index in [0.717, 1.165) is 66.8 Å². The van der Waals surface area contributed by atoms with E-state index < -0.39 is 46.4 Å². The first-order valence-corrected chi connectivity index (χ1v) is 31.8. The Bertz CT molecular complexity index is 2910. The molecule has 2 unspecified atom stereocenters. The molecule has 0 saturated heterocycles. The summed E-state index contributed by atoms with van der Waals surface area (Å²) in [5, 5.41) is 41.3. The fraction of sp³-hybridized carbons (Fsp3) is 0.622. The van der Waals surface area contributed by atoms with Gasteiger partial charge in [-0.15, -0.1) is 0 Å². The minimum absolute atomic E-state index is 0.0350. The summed E-state index contributed by atoms with van der Waals surface area (Å²) in [6.45, 7) is 41.0. The van der Waals surface area contributed by atoms with E-state index in [-0.39, 0.29) is 99.0 Å². The lowest BCUT2D eigenvalue weighted by atomic mass is 9.78. The highest BCUT2D eigenvalue weighted by Crippen LogP contribution is 2.44. The van der Waals surface area contributed by atoms with E-state index in [2.05, 4.69) is 104 Å². The zero-order valence-electron chi connectivity index (χ0n) is 57.4. The molecule has 0 radical (unpaired) electrons. The van der Waals surface area contributed by atoms with Crippen LogP contribution in [0.4, 0.5) is 0 Å². The molecule has 0 amide bonds. The molecule has 14 heteroatoms. The van der Waals surface area contributed by atoms with Crippen molar-refractivity contribution in [2.24, 2.45) is 0 Å².